The zero-order valence-electron chi connectivity index (χ0n) is 11.3. The fourth-order valence-corrected chi connectivity index (χ4v) is 2.01. The van der Waals surface area contributed by atoms with Crippen molar-refractivity contribution in [2.24, 2.45) is 4.99 Å². The van der Waals surface area contributed by atoms with E-state index in [0.717, 1.165) is 6.42 Å². The Balaban J connectivity index is 2.16. The molecule has 0 N–H and O–H groups in total. The average molecular weight is 249 g/mol. The van der Waals surface area contributed by atoms with E-state index in [2.05, 4.69) is 48.8 Å². The minimum Gasteiger partial charge on any atom is -0.285 e. The SMILES string of the molecule is C=CCc1ccccc1C=NC(C)c1ccccc1. The normalized spacial score (nSPS) is 12.5. The summed E-state index contributed by atoms with van der Waals surface area (Å²) in [6.45, 7) is 5.91. The number of rotatable bonds is 5. The highest BCUT2D eigenvalue weighted by molar-refractivity contribution is 5.82. The molecule has 0 bridgehead atoms. The van der Waals surface area contributed by atoms with Crippen LogP contribution in [0.1, 0.15) is 29.7 Å². The highest BCUT2D eigenvalue weighted by Gasteiger charge is 2.02. The second-order valence-corrected chi connectivity index (χ2v) is 4.56. The number of hydrogen-bond donors (Lipinski definition) is 0. The van der Waals surface area contributed by atoms with Crippen molar-refractivity contribution in [3.05, 3.63) is 83.9 Å². The third-order valence-electron chi connectivity index (χ3n) is 3.14. The van der Waals surface area contributed by atoms with Crippen LogP contribution in [0.3, 0.4) is 0 Å². The van der Waals surface area contributed by atoms with Gasteiger partial charge >= 0.3 is 0 Å². The molecule has 0 fully saturated rings. The molecular weight excluding hydrogens is 230 g/mol. The van der Waals surface area contributed by atoms with Crippen LogP contribution in [0.4, 0.5) is 0 Å². The van der Waals surface area contributed by atoms with Gasteiger partial charge in [-0.15, -0.1) is 6.58 Å². The first-order valence-electron chi connectivity index (χ1n) is 6.58. The van der Waals surface area contributed by atoms with E-state index in [4.69, 9.17) is 0 Å². The van der Waals surface area contributed by atoms with Gasteiger partial charge in [-0.3, -0.25) is 4.99 Å². The first-order chi connectivity index (χ1) is 9.31. The van der Waals surface area contributed by atoms with E-state index in [0.29, 0.717) is 0 Å². The molecule has 0 radical (unpaired) electrons. The molecule has 0 aliphatic rings. The van der Waals surface area contributed by atoms with Gasteiger partial charge in [0.25, 0.3) is 0 Å². The Bertz CT molecular complexity index is 555. The van der Waals surface area contributed by atoms with Gasteiger partial charge in [-0.05, 0) is 30.0 Å². The first-order valence-corrected chi connectivity index (χ1v) is 6.58. The fourth-order valence-electron chi connectivity index (χ4n) is 2.01. The van der Waals surface area contributed by atoms with E-state index >= 15 is 0 Å². The molecule has 96 valence electrons. The lowest BCUT2D eigenvalue weighted by Gasteiger charge is -2.07. The van der Waals surface area contributed by atoms with Crippen molar-refractivity contribution in [2.45, 2.75) is 19.4 Å². The van der Waals surface area contributed by atoms with Crippen LogP contribution in [-0.4, -0.2) is 6.21 Å². The maximum absolute atomic E-state index is 4.65. The van der Waals surface area contributed by atoms with E-state index < -0.39 is 0 Å². The van der Waals surface area contributed by atoms with E-state index in [-0.39, 0.29) is 6.04 Å². The maximum Gasteiger partial charge on any atom is 0.0721 e. The fraction of sp³-hybridized carbons (Fsp3) is 0.167. The highest BCUT2D eigenvalue weighted by atomic mass is 14.8. The Hall–Kier alpha value is -2.15. The smallest absolute Gasteiger partial charge is 0.0721 e. The van der Waals surface area contributed by atoms with Crippen LogP contribution >= 0.6 is 0 Å². The maximum atomic E-state index is 4.65. The molecule has 2 aromatic rings. The zero-order chi connectivity index (χ0) is 13.5. The van der Waals surface area contributed by atoms with Crippen molar-refractivity contribution >= 4 is 6.21 Å². The Morgan fingerprint density at radius 2 is 1.74 bits per heavy atom. The molecule has 1 atom stereocenters. The number of allylic oxidation sites excluding steroid dienone is 1. The Morgan fingerprint density at radius 3 is 2.47 bits per heavy atom. The van der Waals surface area contributed by atoms with Crippen LogP contribution in [-0.2, 0) is 6.42 Å². The Kier molecular flexibility index (Phi) is 4.68. The van der Waals surface area contributed by atoms with Crippen LogP contribution < -0.4 is 0 Å². The summed E-state index contributed by atoms with van der Waals surface area (Å²) in [5.41, 5.74) is 3.67. The Morgan fingerprint density at radius 1 is 1.05 bits per heavy atom. The van der Waals surface area contributed by atoms with Gasteiger partial charge in [0.15, 0.2) is 0 Å². The summed E-state index contributed by atoms with van der Waals surface area (Å²) >= 11 is 0. The van der Waals surface area contributed by atoms with Crippen molar-refractivity contribution < 1.29 is 0 Å². The molecule has 2 aromatic carbocycles. The minimum absolute atomic E-state index is 0.179. The predicted octanol–water partition coefficient (Wildman–Crippen LogP) is 4.60. The van der Waals surface area contributed by atoms with E-state index in [1.807, 2.05) is 36.6 Å². The minimum atomic E-state index is 0.179. The molecule has 0 saturated heterocycles. The number of benzene rings is 2. The molecule has 1 unspecified atom stereocenters. The van der Waals surface area contributed by atoms with Crippen LogP contribution in [0.15, 0.2) is 72.2 Å². The van der Waals surface area contributed by atoms with Gasteiger partial charge in [-0.2, -0.15) is 0 Å². The molecule has 0 aromatic heterocycles. The van der Waals surface area contributed by atoms with Crippen molar-refractivity contribution in [3.63, 3.8) is 0 Å². The summed E-state index contributed by atoms with van der Waals surface area (Å²) in [7, 11) is 0. The van der Waals surface area contributed by atoms with E-state index in [1.54, 1.807) is 0 Å². The lowest BCUT2D eigenvalue weighted by molar-refractivity contribution is 0.825. The van der Waals surface area contributed by atoms with Gasteiger partial charge in [-0.1, -0.05) is 60.7 Å². The van der Waals surface area contributed by atoms with Crippen molar-refractivity contribution in [3.8, 4) is 0 Å². The lowest BCUT2D eigenvalue weighted by Crippen LogP contribution is -1.94. The molecule has 0 amide bonds. The molecule has 0 aliphatic carbocycles. The van der Waals surface area contributed by atoms with Crippen molar-refractivity contribution in [1.29, 1.82) is 0 Å². The molecular formula is C18H19N. The summed E-state index contributed by atoms with van der Waals surface area (Å²) in [6.07, 6.45) is 4.77. The lowest BCUT2D eigenvalue weighted by atomic mass is 10.1. The third-order valence-corrected chi connectivity index (χ3v) is 3.14. The highest BCUT2D eigenvalue weighted by Crippen LogP contribution is 2.16. The quantitative estimate of drug-likeness (QED) is 0.542. The topological polar surface area (TPSA) is 12.4 Å². The standard InChI is InChI=1S/C18H19N/c1-3-9-17-12-7-8-13-18(17)14-19-15(2)16-10-5-4-6-11-16/h3-8,10-15H,1,9H2,2H3. The number of aliphatic imine (C=N–C) groups is 1. The van der Waals surface area contributed by atoms with Gasteiger partial charge in [0.2, 0.25) is 0 Å². The summed E-state index contributed by atoms with van der Waals surface area (Å²) in [4.78, 5) is 4.65. The number of nitrogens with zero attached hydrogens (tertiary/aromatic N) is 1. The third kappa shape index (κ3) is 3.65. The van der Waals surface area contributed by atoms with Gasteiger partial charge in [0, 0.05) is 6.21 Å². The van der Waals surface area contributed by atoms with Crippen LogP contribution in [0.25, 0.3) is 0 Å². The van der Waals surface area contributed by atoms with Crippen LogP contribution in [0.2, 0.25) is 0 Å². The van der Waals surface area contributed by atoms with Gasteiger partial charge in [-0.25, -0.2) is 0 Å². The van der Waals surface area contributed by atoms with Gasteiger partial charge < -0.3 is 0 Å². The molecule has 1 nitrogen and oxygen atoms in total. The summed E-state index contributed by atoms with van der Waals surface area (Å²) in [6, 6.07) is 18.8. The summed E-state index contributed by atoms with van der Waals surface area (Å²) in [5, 5.41) is 0. The molecule has 19 heavy (non-hydrogen) atoms. The van der Waals surface area contributed by atoms with E-state index in [9.17, 15) is 0 Å². The molecule has 0 aliphatic heterocycles. The molecule has 1 heteroatoms. The van der Waals surface area contributed by atoms with E-state index in [1.165, 1.54) is 16.7 Å². The molecule has 0 spiro atoms. The molecule has 2 rings (SSSR count). The Labute approximate surface area is 115 Å². The second kappa shape index (κ2) is 6.69. The predicted molar refractivity (Wildman–Crippen MR) is 82.8 cm³/mol. The van der Waals surface area contributed by atoms with Crippen molar-refractivity contribution in [1.82, 2.24) is 0 Å². The summed E-state index contributed by atoms with van der Waals surface area (Å²) in [5.74, 6) is 0. The van der Waals surface area contributed by atoms with Crippen LogP contribution in [0.5, 0.6) is 0 Å². The second-order valence-electron chi connectivity index (χ2n) is 4.56. The van der Waals surface area contributed by atoms with Crippen molar-refractivity contribution in [2.75, 3.05) is 0 Å². The van der Waals surface area contributed by atoms with Gasteiger partial charge in [0.05, 0.1) is 6.04 Å². The molecule has 0 saturated carbocycles. The molecule has 0 heterocycles. The summed E-state index contributed by atoms with van der Waals surface area (Å²) < 4.78 is 0. The average Bonchev–Trinajstić information content (AvgIpc) is 2.47. The monoisotopic (exact) mass is 249 g/mol. The largest absolute Gasteiger partial charge is 0.285 e. The first kappa shape index (κ1) is 13.3. The number of hydrogen-bond acceptors (Lipinski definition) is 1. The van der Waals surface area contributed by atoms with Crippen LogP contribution in [0, 0.1) is 0 Å². The van der Waals surface area contributed by atoms with Gasteiger partial charge in [0.1, 0.15) is 0 Å². The zero-order valence-corrected chi connectivity index (χ0v) is 11.3.